The molecule has 114 valence electrons. The van der Waals surface area contributed by atoms with Gasteiger partial charge in [0.15, 0.2) is 0 Å². The van der Waals surface area contributed by atoms with Gasteiger partial charge in [0, 0.05) is 17.8 Å². The Hall–Kier alpha value is -0.680. The Morgan fingerprint density at radius 3 is 2.70 bits per heavy atom. The second-order valence-electron chi connectivity index (χ2n) is 5.63. The summed E-state index contributed by atoms with van der Waals surface area (Å²) in [6.45, 7) is 4.26. The van der Waals surface area contributed by atoms with Gasteiger partial charge in [0.2, 0.25) is 11.0 Å². The molecule has 1 fully saturated rings. The lowest BCUT2D eigenvalue weighted by Gasteiger charge is -2.42. The maximum atomic E-state index is 12.0. The highest BCUT2D eigenvalue weighted by Crippen LogP contribution is 2.26. The highest BCUT2D eigenvalue weighted by molar-refractivity contribution is 8.00. The number of allylic oxidation sites excluding steroid dienone is 1. The third-order valence-electron chi connectivity index (χ3n) is 3.83. The van der Waals surface area contributed by atoms with Crippen molar-refractivity contribution in [2.45, 2.75) is 70.0 Å². The van der Waals surface area contributed by atoms with E-state index in [1.165, 1.54) is 32.1 Å². The number of hydrogen-bond acceptors (Lipinski definition) is 4. The van der Waals surface area contributed by atoms with E-state index in [0.717, 1.165) is 24.3 Å². The molecular weight excluding hydrogens is 270 g/mol. The molecule has 1 heterocycles. The molecule has 0 saturated heterocycles. The molecular formula is C15H27N3OS. The quantitative estimate of drug-likeness (QED) is 0.660. The van der Waals surface area contributed by atoms with Gasteiger partial charge in [0.1, 0.15) is 0 Å². The molecule has 4 nitrogen and oxygen atoms in total. The van der Waals surface area contributed by atoms with Crippen molar-refractivity contribution in [1.29, 1.82) is 0 Å². The summed E-state index contributed by atoms with van der Waals surface area (Å²) in [5.74, 6) is 0.961. The van der Waals surface area contributed by atoms with Crippen molar-refractivity contribution in [3.05, 3.63) is 11.8 Å². The van der Waals surface area contributed by atoms with Crippen LogP contribution >= 0.6 is 11.8 Å². The van der Waals surface area contributed by atoms with E-state index in [2.05, 4.69) is 29.8 Å². The average Bonchev–Trinajstić information content (AvgIpc) is 2.39. The fourth-order valence-electron chi connectivity index (χ4n) is 3.00. The minimum Gasteiger partial charge on any atom is -0.345 e. The van der Waals surface area contributed by atoms with Gasteiger partial charge in [-0.2, -0.15) is 0 Å². The van der Waals surface area contributed by atoms with Crippen molar-refractivity contribution >= 4 is 17.7 Å². The first-order valence-corrected chi connectivity index (χ1v) is 8.88. The lowest BCUT2D eigenvalue weighted by Crippen LogP contribution is -2.69. The van der Waals surface area contributed by atoms with Crippen molar-refractivity contribution < 1.29 is 4.79 Å². The molecule has 1 aliphatic carbocycles. The monoisotopic (exact) mass is 297 g/mol. The molecule has 0 aromatic carbocycles. The predicted octanol–water partition coefficient (Wildman–Crippen LogP) is 2.68. The Labute approximate surface area is 126 Å². The fourth-order valence-corrected chi connectivity index (χ4v) is 4.06. The molecule has 0 spiro atoms. The van der Waals surface area contributed by atoms with Crippen molar-refractivity contribution in [3.63, 3.8) is 0 Å². The van der Waals surface area contributed by atoms with Gasteiger partial charge in [-0.3, -0.25) is 10.1 Å². The van der Waals surface area contributed by atoms with E-state index in [0.29, 0.717) is 6.04 Å². The Kier molecular flexibility index (Phi) is 5.78. The first-order valence-electron chi connectivity index (χ1n) is 7.90. The highest BCUT2D eigenvalue weighted by atomic mass is 32.2. The SMILES string of the molecule is CCCC1=CC(=O)NC(NC2CCCCC2)(SCC)N1. The normalized spacial score (nSPS) is 27.7. The number of nitrogens with one attached hydrogen (secondary N) is 3. The van der Waals surface area contributed by atoms with Crippen LogP contribution in [0.25, 0.3) is 0 Å². The maximum Gasteiger partial charge on any atom is 0.249 e. The van der Waals surface area contributed by atoms with Gasteiger partial charge in [-0.15, -0.1) is 0 Å². The minimum absolute atomic E-state index is 0.0106. The molecule has 5 heteroatoms. The molecule has 1 amide bonds. The molecule has 1 unspecified atom stereocenters. The number of hydrogen-bond donors (Lipinski definition) is 3. The zero-order valence-corrected chi connectivity index (χ0v) is 13.4. The largest absolute Gasteiger partial charge is 0.345 e. The molecule has 1 aliphatic heterocycles. The molecule has 20 heavy (non-hydrogen) atoms. The summed E-state index contributed by atoms with van der Waals surface area (Å²) in [4.78, 5) is 12.0. The summed E-state index contributed by atoms with van der Waals surface area (Å²) in [5, 5.41) is 9.77. The molecule has 2 rings (SSSR count). The Balaban J connectivity index is 2.07. The molecule has 0 aromatic heterocycles. The summed E-state index contributed by atoms with van der Waals surface area (Å²) in [6, 6.07) is 0.497. The number of carbonyl (C=O) groups is 1. The summed E-state index contributed by atoms with van der Waals surface area (Å²) in [5.41, 5.74) is 1.04. The van der Waals surface area contributed by atoms with Crippen molar-refractivity contribution in [2.75, 3.05) is 5.75 Å². The van der Waals surface area contributed by atoms with Crippen molar-refractivity contribution in [3.8, 4) is 0 Å². The summed E-state index contributed by atoms with van der Waals surface area (Å²) < 4.78 is 0. The van der Waals surface area contributed by atoms with Gasteiger partial charge in [0.25, 0.3) is 0 Å². The summed E-state index contributed by atoms with van der Waals surface area (Å²) in [6.07, 6.45) is 9.99. The Morgan fingerprint density at radius 2 is 2.05 bits per heavy atom. The van der Waals surface area contributed by atoms with Crippen LogP contribution in [0.1, 0.15) is 58.8 Å². The summed E-state index contributed by atoms with van der Waals surface area (Å²) >= 11 is 1.73. The highest BCUT2D eigenvalue weighted by Gasteiger charge is 2.37. The second-order valence-corrected chi connectivity index (χ2v) is 7.11. The van der Waals surface area contributed by atoms with Crippen LogP contribution in [0.4, 0.5) is 0 Å². The van der Waals surface area contributed by atoms with Crippen LogP contribution in [0.3, 0.4) is 0 Å². The van der Waals surface area contributed by atoms with E-state index >= 15 is 0 Å². The first-order chi connectivity index (χ1) is 9.67. The van der Waals surface area contributed by atoms with Gasteiger partial charge in [-0.25, -0.2) is 0 Å². The fraction of sp³-hybridized carbons (Fsp3) is 0.800. The number of thioether (sulfide) groups is 1. The van der Waals surface area contributed by atoms with E-state index in [9.17, 15) is 4.79 Å². The van der Waals surface area contributed by atoms with E-state index in [1.807, 2.05) is 0 Å². The topological polar surface area (TPSA) is 53.2 Å². The van der Waals surface area contributed by atoms with Crippen LogP contribution in [0.5, 0.6) is 0 Å². The Bertz CT molecular complexity index is 366. The molecule has 1 saturated carbocycles. The predicted molar refractivity (Wildman–Crippen MR) is 85.1 cm³/mol. The van der Waals surface area contributed by atoms with E-state index in [4.69, 9.17) is 0 Å². The van der Waals surface area contributed by atoms with Gasteiger partial charge in [-0.05, 0) is 25.0 Å². The molecule has 0 radical (unpaired) electrons. The maximum absolute atomic E-state index is 12.0. The van der Waals surface area contributed by atoms with Crippen LogP contribution in [-0.4, -0.2) is 22.8 Å². The van der Waals surface area contributed by atoms with Crippen molar-refractivity contribution in [2.24, 2.45) is 0 Å². The Morgan fingerprint density at radius 1 is 1.30 bits per heavy atom. The third kappa shape index (κ3) is 4.16. The van der Waals surface area contributed by atoms with Gasteiger partial charge < -0.3 is 10.6 Å². The molecule has 0 aromatic rings. The zero-order chi connectivity index (χ0) is 14.4. The van der Waals surface area contributed by atoms with E-state index in [1.54, 1.807) is 17.8 Å². The van der Waals surface area contributed by atoms with Crippen molar-refractivity contribution in [1.82, 2.24) is 16.0 Å². The molecule has 1 atom stereocenters. The van der Waals surface area contributed by atoms with Crippen LogP contribution in [0, 0.1) is 0 Å². The van der Waals surface area contributed by atoms with E-state index in [-0.39, 0.29) is 5.91 Å². The number of rotatable bonds is 6. The van der Waals surface area contributed by atoms with Crippen LogP contribution < -0.4 is 16.0 Å². The van der Waals surface area contributed by atoms with Gasteiger partial charge in [0.05, 0.1) is 0 Å². The first kappa shape index (κ1) is 15.7. The van der Waals surface area contributed by atoms with Crippen LogP contribution in [0.15, 0.2) is 11.8 Å². The number of amides is 1. The van der Waals surface area contributed by atoms with Crippen LogP contribution in [0.2, 0.25) is 0 Å². The average molecular weight is 297 g/mol. The van der Waals surface area contributed by atoms with E-state index < -0.39 is 5.12 Å². The zero-order valence-electron chi connectivity index (χ0n) is 12.6. The second kappa shape index (κ2) is 7.36. The standard InChI is InChI=1S/C15H27N3OS/c1-3-8-13-11-14(19)18-15(17-13,20-4-2)16-12-9-6-5-7-10-12/h11-12,16-17H,3-10H2,1-2H3,(H,18,19). The smallest absolute Gasteiger partial charge is 0.249 e. The van der Waals surface area contributed by atoms with Crippen LogP contribution in [-0.2, 0) is 4.79 Å². The molecule has 0 bridgehead atoms. The lowest BCUT2D eigenvalue weighted by atomic mass is 9.95. The lowest BCUT2D eigenvalue weighted by molar-refractivity contribution is -0.118. The third-order valence-corrected chi connectivity index (χ3v) is 4.88. The summed E-state index contributed by atoms with van der Waals surface area (Å²) in [7, 11) is 0. The molecule has 2 aliphatic rings. The van der Waals surface area contributed by atoms with Gasteiger partial charge >= 0.3 is 0 Å². The minimum atomic E-state index is -0.521. The van der Waals surface area contributed by atoms with Gasteiger partial charge in [-0.1, -0.05) is 51.3 Å². The number of carbonyl (C=O) groups excluding carboxylic acids is 1. The molecule has 3 N–H and O–H groups in total.